The monoisotopic (exact) mass is 476 g/mol. The van der Waals surface area contributed by atoms with Gasteiger partial charge in [-0.15, -0.1) is 0 Å². The molecule has 4 aliphatic rings. The highest BCUT2D eigenvalue weighted by molar-refractivity contribution is 7.90. The van der Waals surface area contributed by atoms with Gasteiger partial charge in [-0.1, -0.05) is 12.5 Å². The quantitative estimate of drug-likeness (QED) is 0.572. The van der Waals surface area contributed by atoms with Crippen LogP contribution in [0.15, 0.2) is 36.2 Å². The number of hydrogen-bond donors (Lipinski definition) is 1. The standard InChI is InChI=1S/C22H27FN5O4S/c1-26-11-16(10-24-26)13-28-20(29)18-9-17(33(31,32)25-22(14-23)7-8-22)5-6-19(18)27(21(28)30)12-15-3-2-4-15/h5-6,9-11,15,17,25H,2-4,7-8,12-14H2,1H3/q+1. The average molecular weight is 477 g/mol. The topological polar surface area (TPSA) is 104 Å². The van der Waals surface area contributed by atoms with Crippen LogP contribution < -0.4 is 4.72 Å². The zero-order valence-corrected chi connectivity index (χ0v) is 19.2. The number of hydrogen-bond acceptors (Lipinski definition) is 5. The number of aromatic nitrogens is 2. The lowest BCUT2D eigenvalue weighted by Gasteiger charge is -2.30. The first kappa shape index (κ1) is 22.1. The summed E-state index contributed by atoms with van der Waals surface area (Å²) in [6.45, 7) is -0.243. The molecule has 11 heteroatoms. The second-order valence-corrected chi connectivity index (χ2v) is 11.3. The molecule has 1 N–H and O–H groups in total. The van der Waals surface area contributed by atoms with Crippen molar-refractivity contribution in [3.8, 4) is 0 Å². The molecule has 3 amide bonds. The minimum atomic E-state index is -3.94. The lowest BCUT2D eigenvalue weighted by molar-refractivity contribution is -0.448. The highest BCUT2D eigenvalue weighted by Gasteiger charge is 2.50. The van der Waals surface area contributed by atoms with Gasteiger partial charge in [0.1, 0.15) is 29.8 Å². The number of alkyl halides is 1. The van der Waals surface area contributed by atoms with Gasteiger partial charge in [-0.05, 0) is 43.8 Å². The zero-order valence-electron chi connectivity index (χ0n) is 18.4. The summed E-state index contributed by atoms with van der Waals surface area (Å²) in [5.74, 6) is -0.188. The Bertz CT molecular complexity index is 1210. The van der Waals surface area contributed by atoms with Gasteiger partial charge < -0.3 is 0 Å². The molecule has 1 atom stereocenters. The average Bonchev–Trinajstić information content (AvgIpc) is 3.40. The van der Waals surface area contributed by atoms with E-state index in [1.807, 2.05) is 0 Å². The number of amides is 3. The summed E-state index contributed by atoms with van der Waals surface area (Å²) in [6, 6.07) is -0.415. The Morgan fingerprint density at radius 2 is 2.06 bits per heavy atom. The number of urea groups is 1. The van der Waals surface area contributed by atoms with E-state index in [0.717, 1.165) is 24.2 Å². The van der Waals surface area contributed by atoms with E-state index in [4.69, 9.17) is 0 Å². The third-order valence-corrected chi connectivity index (χ3v) is 8.60. The Kier molecular flexibility index (Phi) is 5.36. The number of aryl methyl sites for hydroxylation is 1. The van der Waals surface area contributed by atoms with Gasteiger partial charge >= 0.3 is 11.9 Å². The molecule has 2 fully saturated rings. The van der Waals surface area contributed by atoms with E-state index in [1.165, 1.54) is 12.2 Å². The van der Waals surface area contributed by atoms with Crippen LogP contribution in [0.25, 0.3) is 0 Å². The third kappa shape index (κ3) is 4.08. The largest absolute Gasteiger partial charge is 0.501 e. The Morgan fingerprint density at radius 3 is 2.64 bits per heavy atom. The van der Waals surface area contributed by atoms with E-state index in [1.54, 1.807) is 34.8 Å². The van der Waals surface area contributed by atoms with Crippen molar-refractivity contribution in [1.82, 2.24) is 19.4 Å². The molecule has 3 aliphatic carbocycles. The molecule has 0 aromatic carbocycles. The smallest absolute Gasteiger partial charge is 0.275 e. The SMILES string of the molecule is Cn1cc(CN2C(=O)C3=CC(S(=O)(=O)NC4(CF)CC4)C=CC3=[N+](CC3CCC3)C2=O)cn1. The van der Waals surface area contributed by atoms with E-state index in [-0.39, 0.29) is 12.1 Å². The molecule has 1 aromatic rings. The van der Waals surface area contributed by atoms with Crippen LogP contribution in [-0.2, 0) is 28.4 Å². The van der Waals surface area contributed by atoms with Crippen molar-refractivity contribution in [3.05, 3.63) is 41.8 Å². The van der Waals surface area contributed by atoms with E-state index in [0.29, 0.717) is 36.6 Å². The Hall–Kier alpha value is -2.66. The van der Waals surface area contributed by atoms with E-state index < -0.39 is 39.4 Å². The molecule has 2 saturated carbocycles. The molecular weight excluding hydrogens is 449 g/mol. The Balaban J connectivity index is 1.50. The van der Waals surface area contributed by atoms with Crippen LogP contribution in [-0.4, -0.2) is 69.3 Å². The van der Waals surface area contributed by atoms with Crippen LogP contribution in [0.4, 0.5) is 9.18 Å². The number of sulfonamides is 1. The summed E-state index contributed by atoms with van der Waals surface area (Å²) in [4.78, 5) is 27.9. The molecule has 0 bridgehead atoms. The second-order valence-electron chi connectivity index (χ2n) is 9.45. The van der Waals surface area contributed by atoms with E-state index in [2.05, 4.69) is 9.82 Å². The summed E-state index contributed by atoms with van der Waals surface area (Å²) in [6.07, 6.45) is 11.8. The maximum Gasteiger partial charge on any atom is 0.501 e. The molecule has 176 valence electrons. The number of fused-ring (bicyclic) bond motifs is 1. The van der Waals surface area contributed by atoms with Crippen LogP contribution in [0.5, 0.6) is 0 Å². The maximum atomic E-state index is 13.4. The molecule has 0 saturated heterocycles. The van der Waals surface area contributed by atoms with Gasteiger partial charge in [0.15, 0.2) is 0 Å². The number of carbonyl (C=O) groups excluding carboxylic acids is 2. The van der Waals surface area contributed by atoms with Gasteiger partial charge in [0, 0.05) is 18.8 Å². The number of halogens is 1. The van der Waals surface area contributed by atoms with Gasteiger partial charge in [-0.25, -0.2) is 22.3 Å². The minimum Gasteiger partial charge on any atom is -0.275 e. The number of imide groups is 1. The van der Waals surface area contributed by atoms with Crippen molar-refractivity contribution in [3.63, 3.8) is 0 Å². The van der Waals surface area contributed by atoms with Crippen LogP contribution in [0.1, 0.15) is 37.7 Å². The summed E-state index contributed by atoms with van der Waals surface area (Å²) >= 11 is 0. The minimum absolute atomic E-state index is 0.0433. The molecule has 2 heterocycles. The number of rotatable bonds is 8. The van der Waals surface area contributed by atoms with Crippen molar-refractivity contribution in [2.75, 3.05) is 13.2 Å². The molecule has 0 radical (unpaired) electrons. The van der Waals surface area contributed by atoms with Crippen LogP contribution in [0, 0.1) is 5.92 Å². The summed E-state index contributed by atoms with van der Waals surface area (Å²) in [5, 5.41) is 2.98. The van der Waals surface area contributed by atoms with E-state index in [9.17, 15) is 22.4 Å². The lowest BCUT2D eigenvalue weighted by Crippen LogP contribution is -2.53. The predicted molar refractivity (Wildman–Crippen MR) is 118 cm³/mol. The first-order valence-corrected chi connectivity index (χ1v) is 12.7. The molecule has 1 aliphatic heterocycles. The molecule has 5 rings (SSSR count). The highest BCUT2D eigenvalue weighted by Crippen LogP contribution is 2.37. The first-order valence-electron chi connectivity index (χ1n) is 11.2. The number of nitrogens with zero attached hydrogens (tertiary/aromatic N) is 4. The second kappa shape index (κ2) is 7.98. The Labute approximate surface area is 191 Å². The molecule has 9 nitrogen and oxygen atoms in total. The Morgan fingerprint density at radius 1 is 1.30 bits per heavy atom. The fraction of sp³-hybridized carbons (Fsp3) is 0.545. The number of nitrogens with one attached hydrogen (secondary N) is 1. The fourth-order valence-corrected chi connectivity index (χ4v) is 6.04. The van der Waals surface area contributed by atoms with Crippen molar-refractivity contribution < 1.29 is 27.0 Å². The van der Waals surface area contributed by atoms with Gasteiger partial charge in [-0.2, -0.15) is 19.4 Å². The summed E-state index contributed by atoms with van der Waals surface area (Å²) in [5.41, 5.74) is 0.283. The van der Waals surface area contributed by atoms with Gasteiger partial charge in [0.05, 0.1) is 18.3 Å². The van der Waals surface area contributed by atoms with Gasteiger partial charge in [-0.3, -0.25) is 4.68 Å². The molecule has 1 aromatic heterocycles. The molecule has 1 unspecified atom stereocenters. The first-order chi connectivity index (χ1) is 15.7. The third-order valence-electron chi connectivity index (χ3n) is 6.87. The molecular formula is C22H27FN5O4S+. The fourth-order valence-electron chi connectivity index (χ4n) is 4.44. The zero-order chi connectivity index (χ0) is 23.4. The normalized spacial score (nSPS) is 24.6. The predicted octanol–water partition coefficient (Wildman–Crippen LogP) is 1.42. The van der Waals surface area contributed by atoms with Crippen molar-refractivity contribution >= 4 is 27.7 Å². The lowest BCUT2D eigenvalue weighted by atomic mass is 9.85. The van der Waals surface area contributed by atoms with Gasteiger partial charge in [0.25, 0.3) is 0 Å². The summed E-state index contributed by atoms with van der Waals surface area (Å²) in [7, 11) is -2.19. The van der Waals surface area contributed by atoms with Crippen LogP contribution in [0.2, 0.25) is 0 Å². The van der Waals surface area contributed by atoms with Gasteiger partial charge in [0.2, 0.25) is 10.0 Å². The molecule has 33 heavy (non-hydrogen) atoms. The van der Waals surface area contributed by atoms with E-state index >= 15 is 0 Å². The van der Waals surface area contributed by atoms with Crippen LogP contribution in [0.3, 0.4) is 0 Å². The maximum absolute atomic E-state index is 13.4. The van der Waals surface area contributed by atoms with Crippen molar-refractivity contribution in [1.29, 1.82) is 0 Å². The van der Waals surface area contributed by atoms with Crippen molar-refractivity contribution in [2.24, 2.45) is 13.0 Å². The number of allylic oxidation sites excluding steroid dienone is 1. The van der Waals surface area contributed by atoms with Crippen LogP contribution >= 0.6 is 0 Å². The highest BCUT2D eigenvalue weighted by atomic mass is 32.2. The summed E-state index contributed by atoms with van der Waals surface area (Å²) < 4.78 is 44.8. The molecule has 0 spiro atoms. The van der Waals surface area contributed by atoms with Crippen molar-refractivity contribution in [2.45, 2.75) is 49.4 Å². The number of carbonyl (C=O) groups is 2.